The van der Waals surface area contributed by atoms with E-state index in [0.717, 1.165) is 4.90 Å². The molecule has 1 unspecified atom stereocenters. The van der Waals surface area contributed by atoms with Crippen molar-refractivity contribution in [2.24, 2.45) is 5.92 Å². The first-order chi connectivity index (χ1) is 14.9. The van der Waals surface area contributed by atoms with Gasteiger partial charge in [0.25, 0.3) is 17.7 Å². The Morgan fingerprint density at radius 2 is 1.48 bits per heavy atom. The summed E-state index contributed by atoms with van der Waals surface area (Å²) < 4.78 is 0. The Balaban J connectivity index is 1.48. The van der Waals surface area contributed by atoms with Crippen LogP contribution in [0.1, 0.15) is 45.1 Å². The summed E-state index contributed by atoms with van der Waals surface area (Å²) in [5.74, 6) is -1.65. The maximum Gasteiger partial charge on any atom is 0.274 e. The molecule has 0 spiro atoms. The van der Waals surface area contributed by atoms with Gasteiger partial charge in [-0.2, -0.15) is 0 Å². The number of nitrogens with zero attached hydrogens (tertiary/aromatic N) is 5. The molecule has 4 rings (SSSR count). The topological polar surface area (TPSA) is 104 Å². The summed E-state index contributed by atoms with van der Waals surface area (Å²) in [6, 6.07) is 5.72. The standard InChI is InChI=1S/C22H23N5O4/c1-14(2)18(27-19(28)15-5-3-4-6-16(15)20(27)29)22(31)26-11-9-25(10-12-26)21(30)17-13-23-7-8-24-17/h3-8,13-14,18H,9-12H2,1-2H3. The Labute approximate surface area is 179 Å². The summed E-state index contributed by atoms with van der Waals surface area (Å²) in [5, 5.41) is 0. The predicted molar refractivity (Wildman–Crippen MR) is 110 cm³/mol. The van der Waals surface area contributed by atoms with E-state index in [2.05, 4.69) is 9.97 Å². The number of amides is 4. The maximum atomic E-state index is 13.4. The van der Waals surface area contributed by atoms with Gasteiger partial charge >= 0.3 is 0 Å². The van der Waals surface area contributed by atoms with Crippen LogP contribution in [0.5, 0.6) is 0 Å². The Morgan fingerprint density at radius 1 is 0.903 bits per heavy atom. The summed E-state index contributed by atoms with van der Waals surface area (Å²) in [5.41, 5.74) is 0.907. The van der Waals surface area contributed by atoms with E-state index in [1.807, 2.05) is 13.8 Å². The van der Waals surface area contributed by atoms with Gasteiger partial charge in [0.15, 0.2) is 0 Å². The summed E-state index contributed by atoms with van der Waals surface area (Å²) in [4.78, 5) is 64.0. The fraction of sp³-hybridized carbons (Fsp3) is 0.364. The van der Waals surface area contributed by atoms with Crippen molar-refractivity contribution < 1.29 is 19.2 Å². The molecule has 0 radical (unpaired) electrons. The monoisotopic (exact) mass is 421 g/mol. The second-order valence-corrected chi connectivity index (χ2v) is 7.92. The van der Waals surface area contributed by atoms with Gasteiger partial charge in [0, 0.05) is 38.6 Å². The summed E-state index contributed by atoms with van der Waals surface area (Å²) in [7, 11) is 0. The minimum atomic E-state index is -0.894. The molecule has 160 valence electrons. The number of piperazine rings is 1. The normalized spacial score (nSPS) is 17.2. The Hall–Kier alpha value is -3.62. The molecule has 1 aromatic heterocycles. The van der Waals surface area contributed by atoms with Crippen LogP contribution in [0.25, 0.3) is 0 Å². The van der Waals surface area contributed by atoms with Gasteiger partial charge in [-0.1, -0.05) is 26.0 Å². The molecule has 0 N–H and O–H groups in total. The van der Waals surface area contributed by atoms with Crippen LogP contribution in [0.2, 0.25) is 0 Å². The second-order valence-electron chi connectivity index (χ2n) is 7.92. The van der Waals surface area contributed by atoms with E-state index >= 15 is 0 Å². The van der Waals surface area contributed by atoms with E-state index in [1.165, 1.54) is 18.6 Å². The first kappa shape index (κ1) is 20.6. The van der Waals surface area contributed by atoms with Gasteiger partial charge < -0.3 is 9.80 Å². The third-order valence-corrected chi connectivity index (χ3v) is 5.65. The number of aromatic nitrogens is 2. The van der Waals surface area contributed by atoms with Crippen LogP contribution in [-0.4, -0.2) is 80.5 Å². The van der Waals surface area contributed by atoms with Crippen molar-refractivity contribution in [2.45, 2.75) is 19.9 Å². The SMILES string of the molecule is CC(C)C(C(=O)N1CCN(C(=O)c2cnccn2)CC1)N1C(=O)c2ccccc2C1=O. The van der Waals surface area contributed by atoms with Crippen molar-refractivity contribution in [3.05, 3.63) is 59.7 Å². The smallest absolute Gasteiger partial charge is 0.274 e. The highest BCUT2D eigenvalue weighted by atomic mass is 16.2. The Kier molecular flexibility index (Phi) is 5.50. The quantitative estimate of drug-likeness (QED) is 0.685. The largest absolute Gasteiger partial charge is 0.337 e. The zero-order valence-electron chi connectivity index (χ0n) is 17.4. The molecule has 4 amide bonds. The molecular formula is C22H23N5O4. The number of carbonyl (C=O) groups excluding carboxylic acids is 4. The van der Waals surface area contributed by atoms with Crippen LogP contribution < -0.4 is 0 Å². The molecule has 0 bridgehead atoms. The van der Waals surface area contributed by atoms with Gasteiger partial charge in [-0.3, -0.25) is 29.1 Å². The van der Waals surface area contributed by atoms with Gasteiger partial charge in [0.1, 0.15) is 11.7 Å². The molecule has 31 heavy (non-hydrogen) atoms. The molecule has 1 atom stereocenters. The number of rotatable bonds is 4. The lowest BCUT2D eigenvalue weighted by atomic mass is 10.0. The highest BCUT2D eigenvalue weighted by Gasteiger charge is 2.45. The molecule has 9 nitrogen and oxygen atoms in total. The van der Waals surface area contributed by atoms with Crippen molar-refractivity contribution in [1.82, 2.24) is 24.7 Å². The van der Waals surface area contributed by atoms with E-state index in [-0.39, 0.29) is 23.4 Å². The molecule has 1 aromatic carbocycles. The lowest BCUT2D eigenvalue weighted by molar-refractivity contribution is -0.138. The number of fused-ring (bicyclic) bond motifs is 1. The van der Waals surface area contributed by atoms with Gasteiger partial charge in [-0.25, -0.2) is 4.98 Å². The van der Waals surface area contributed by atoms with E-state index < -0.39 is 17.9 Å². The average molecular weight is 421 g/mol. The molecular weight excluding hydrogens is 398 g/mol. The number of hydrogen-bond donors (Lipinski definition) is 0. The molecule has 2 aromatic rings. The van der Waals surface area contributed by atoms with Crippen molar-refractivity contribution >= 4 is 23.6 Å². The number of imide groups is 1. The summed E-state index contributed by atoms with van der Waals surface area (Å²) in [6.07, 6.45) is 4.37. The van der Waals surface area contributed by atoms with Crippen LogP contribution >= 0.6 is 0 Å². The van der Waals surface area contributed by atoms with Gasteiger partial charge in [0.05, 0.1) is 17.3 Å². The zero-order chi connectivity index (χ0) is 22.1. The van der Waals surface area contributed by atoms with E-state index in [0.29, 0.717) is 37.3 Å². The van der Waals surface area contributed by atoms with Crippen molar-refractivity contribution in [1.29, 1.82) is 0 Å². The third kappa shape index (κ3) is 3.67. The van der Waals surface area contributed by atoms with E-state index in [9.17, 15) is 19.2 Å². The van der Waals surface area contributed by atoms with Crippen LogP contribution in [0, 0.1) is 5.92 Å². The zero-order valence-corrected chi connectivity index (χ0v) is 17.4. The third-order valence-electron chi connectivity index (χ3n) is 5.65. The summed E-state index contributed by atoms with van der Waals surface area (Å²) >= 11 is 0. The highest BCUT2D eigenvalue weighted by Crippen LogP contribution is 2.28. The Morgan fingerprint density at radius 3 is 2.00 bits per heavy atom. The lowest BCUT2D eigenvalue weighted by Gasteiger charge is -2.38. The molecule has 2 aliphatic rings. The number of carbonyl (C=O) groups is 4. The number of hydrogen-bond acceptors (Lipinski definition) is 6. The highest BCUT2D eigenvalue weighted by molar-refractivity contribution is 6.22. The fourth-order valence-corrected chi connectivity index (χ4v) is 4.04. The molecule has 1 fully saturated rings. The first-order valence-electron chi connectivity index (χ1n) is 10.2. The lowest BCUT2D eigenvalue weighted by Crippen LogP contribution is -2.58. The maximum absolute atomic E-state index is 13.4. The van der Waals surface area contributed by atoms with Gasteiger partial charge in [-0.15, -0.1) is 0 Å². The summed E-state index contributed by atoms with van der Waals surface area (Å²) in [6.45, 7) is 4.95. The first-order valence-corrected chi connectivity index (χ1v) is 10.2. The minimum Gasteiger partial charge on any atom is -0.337 e. The van der Waals surface area contributed by atoms with Gasteiger partial charge in [0.2, 0.25) is 5.91 Å². The van der Waals surface area contributed by atoms with Crippen LogP contribution in [0.3, 0.4) is 0 Å². The molecule has 1 saturated heterocycles. The van der Waals surface area contributed by atoms with E-state index in [1.54, 1.807) is 34.1 Å². The molecule has 0 saturated carbocycles. The predicted octanol–water partition coefficient (Wildman–Crippen LogP) is 1.08. The van der Waals surface area contributed by atoms with Crippen molar-refractivity contribution in [3.8, 4) is 0 Å². The molecule has 3 heterocycles. The van der Waals surface area contributed by atoms with Crippen LogP contribution in [-0.2, 0) is 4.79 Å². The minimum absolute atomic E-state index is 0.235. The molecule has 9 heteroatoms. The molecule has 0 aliphatic carbocycles. The van der Waals surface area contributed by atoms with Crippen molar-refractivity contribution in [2.75, 3.05) is 26.2 Å². The van der Waals surface area contributed by atoms with Gasteiger partial charge in [-0.05, 0) is 18.1 Å². The van der Waals surface area contributed by atoms with Crippen LogP contribution in [0.4, 0.5) is 0 Å². The van der Waals surface area contributed by atoms with Crippen LogP contribution in [0.15, 0.2) is 42.9 Å². The second kappa shape index (κ2) is 8.25. The number of benzene rings is 1. The van der Waals surface area contributed by atoms with E-state index in [4.69, 9.17) is 0 Å². The van der Waals surface area contributed by atoms with Crippen molar-refractivity contribution in [3.63, 3.8) is 0 Å². The average Bonchev–Trinajstić information content (AvgIpc) is 3.04. The fourth-order valence-electron chi connectivity index (χ4n) is 4.04. The Bertz CT molecular complexity index is 996. The molecule has 2 aliphatic heterocycles.